The number of hydrogen-bond acceptors (Lipinski definition) is 13. The molecule has 0 bridgehead atoms. The number of amides is 2. The number of nitrogens with one attached hydrogen (secondary N) is 3. The van der Waals surface area contributed by atoms with Crippen LogP contribution in [0.3, 0.4) is 0 Å². The van der Waals surface area contributed by atoms with E-state index in [2.05, 4.69) is 50.4 Å². The smallest absolute Gasteiger partial charge is 0.319 e. The predicted octanol–water partition coefficient (Wildman–Crippen LogP) is 3.66. The van der Waals surface area contributed by atoms with E-state index in [9.17, 15) is 23.4 Å². The summed E-state index contributed by atoms with van der Waals surface area (Å²) in [6.45, 7) is 3.28. The van der Waals surface area contributed by atoms with Gasteiger partial charge in [-0.05, 0) is 48.2 Å². The summed E-state index contributed by atoms with van der Waals surface area (Å²) in [6.07, 6.45) is -2.00. The molecule has 57 heavy (non-hydrogen) atoms. The fourth-order valence-corrected chi connectivity index (χ4v) is 7.76. The summed E-state index contributed by atoms with van der Waals surface area (Å²) in [7, 11) is -3.87. The number of aryl methyl sites for hydroxylation is 1. The Bertz CT molecular complexity index is 2410. The standard InChI is InChI=1S/C39H42N10O7S/c1-2-25-19-30(56-47-25)34-32(50)33(51)37(55-34)49-22-42-31-35(41-20-29(23-9-5-3-6-10-23)24-11-7-4-8-12-24)45-38(46-36(31)49)48-18-17-27(21-48)44-39(52)43-26-13-15-28(16-14-26)57(40,53)54/h3-16,19,22,27,29,32-34,37,50-51H,2,17-18,20-21H2,1H3,(H2,40,53,54)(H,41,45,46)(H2,43,44,52)/t27-,32+,33-,34-,37-/m1/s1. The monoisotopic (exact) mass is 794 g/mol. The minimum Gasteiger partial charge on any atom is -0.387 e. The number of urea groups is 1. The van der Waals surface area contributed by atoms with Crippen LogP contribution in [0.5, 0.6) is 0 Å². The van der Waals surface area contributed by atoms with Crippen LogP contribution in [0.2, 0.25) is 0 Å². The van der Waals surface area contributed by atoms with Gasteiger partial charge in [-0.3, -0.25) is 4.57 Å². The SMILES string of the molecule is CCc1cc([C@H]2O[C@@H](n3cnc4c(NCC(c5ccccc5)c5ccccc5)nc(N5CC[C@@H](NC(=O)Nc6ccc(S(N)(=O)=O)cc6)C5)nc43)[C@H](O)[C@@H]2O)on1. The Hall–Kier alpha value is -5.92. The zero-order valence-electron chi connectivity index (χ0n) is 30.8. The number of aliphatic hydroxyl groups excluding tert-OH is 2. The molecule has 8 rings (SSSR count). The first-order valence-electron chi connectivity index (χ1n) is 18.6. The minimum absolute atomic E-state index is 0.0384. The van der Waals surface area contributed by atoms with Gasteiger partial charge < -0.3 is 40.3 Å². The van der Waals surface area contributed by atoms with E-state index < -0.39 is 40.6 Å². The van der Waals surface area contributed by atoms with Gasteiger partial charge in [0.2, 0.25) is 16.0 Å². The van der Waals surface area contributed by atoms with Gasteiger partial charge in [-0.2, -0.15) is 9.97 Å². The molecule has 3 aromatic carbocycles. The van der Waals surface area contributed by atoms with Crippen LogP contribution in [0, 0.1) is 0 Å². The Morgan fingerprint density at radius 3 is 2.33 bits per heavy atom. The number of carbonyl (C=O) groups excluding carboxylic acids is 1. The first-order valence-corrected chi connectivity index (χ1v) is 20.1. The van der Waals surface area contributed by atoms with Gasteiger partial charge in [-0.15, -0.1) is 0 Å². The van der Waals surface area contributed by atoms with Gasteiger partial charge in [0.15, 0.2) is 29.0 Å². The molecular formula is C39H42N10O7S. The maximum absolute atomic E-state index is 13.0. The molecule has 2 aliphatic heterocycles. The molecule has 2 amide bonds. The lowest BCUT2D eigenvalue weighted by Crippen LogP contribution is -2.40. The van der Waals surface area contributed by atoms with Crippen molar-refractivity contribution in [2.45, 2.75) is 61.2 Å². The fraction of sp³-hybridized carbons (Fsp3) is 0.308. The zero-order valence-corrected chi connectivity index (χ0v) is 31.7. The van der Waals surface area contributed by atoms with Crippen LogP contribution in [-0.4, -0.2) is 87.2 Å². The highest BCUT2D eigenvalue weighted by atomic mass is 32.2. The summed E-state index contributed by atoms with van der Waals surface area (Å²) < 4.78 is 36.5. The number of aromatic nitrogens is 5. The van der Waals surface area contributed by atoms with Crippen LogP contribution in [0.15, 0.2) is 107 Å². The van der Waals surface area contributed by atoms with Gasteiger partial charge in [0, 0.05) is 43.3 Å². The number of carbonyl (C=O) groups is 1. The van der Waals surface area contributed by atoms with E-state index >= 15 is 0 Å². The lowest BCUT2D eigenvalue weighted by molar-refractivity contribution is -0.0434. The number of imidazole rings is 1. The first-order chi connectivity index (χ1) is 27.6. The summed E-state index contributed by atoms with van der Waals surface area (Å²) in [5.74, 6) is 1.08. The minimum atomic E-state index is -3.87. The number of hydrogen-bond donors (Lipinski definition) is 6. The lowest BCUT2D eigenvalue weighted by atomic mass is 9.91. The Morgan fingerprint density at radius 2 is 1.68 bits per heavy atom. The van der Waals surface area contributed by atoms with Gasteiger partial charge in [-0.25, -0.2) is 23.3 Å². The van der Waals surface area contributed by atoms with Crippen molar-refractivity contribution in [3.8, 4) is 0 Å². The van der Waals surface area contributed by atoms with Crippen LogP contribution < -0.4 is 26.0 Å². The first kappa shape index (κ1) is 38.0. The predicted molar refractivity (Wildman–Crippen MR) is 210 cm³/mol. The summed E-state index contributed by atoms with van der Waals surface area (Å²) in [5, 5.41) is 40.9. The molecule has 0 radical (unpaired) electrons. The summed E-state index contributed by atoms with van der Waals surface area (Å²) in [4.78, 5) is 29.4. The molecule has 7 N–H and O–H groups in total. The molecule has 0 saturated carbocycles. The van der Waals surface area contributed by atoms with Crippen molar-refractivity contribution in [3.05, 3.63) is 120 Å². The molecule has 0 aliphatic carbocycles. The molecule has 17 nitrogen and oxygen atoms in total. The van der Waals surface area contributed by atoms with E-state index in [1.807, 2.05) is 48.2 Å². The van der Waals surface area contributed by atoms with Gasteiger partial charge in [-0.1, -0.05) is 72.7 Å². The van der Waals surface area contributed by atoms with E-state index in [1.54, 1.807) is 10.6 Å². The average molecular weight is 795 g/mol. The van der Waals surface area contributed by atoms with E-state index in [4.69, 9.17) is 24.4 Å². The van der Waals surface area contributed by atoms with Crippen LogP contribution in [0.25, 0.3) is 11.2 Å². The second-order valence-corrected chi connectivity index (χ2v) is 15.6. The van der Waals surface area contributed by atoms with Crippen molar-refractivity contribution in [2.24, 2.45) is 5.14 Å². The van der Waals surface area contributed by atoms with Gasteiger partial charge in [0.25, 0.3) is 0 Å². The summed E-state index contributed by atoms with van der Waals surface area (Å²) in [6, 6.07) is 26.8. The zero-order chi connectivity index (χ0) is 39.7. The molecule has 2 fully saturated rings. The molecule has 2 aliphatic rings. The number of fused-ring (bicyclic) bond motifs is 1. The maximum Gasteiger partial charge on any atom is 0.319 e. The van der Waals surface area contributed by atoms with Crippen molar-refractivity contribution in [2.75, 3.05) is 35.2 Å². The highest BCUT2D eigenvalue weighted by molar-refractivity contribution is 7.89. The molecule has 18 heteroatoms. The van der Waals surface area contributed by atoms with Gasteiger partial charge in [0.1, 0.15) is 18.3 Å². The number of anilines is 3. The summed E-state index contributed by atoms with van der Waals surface area (Å²) in [5.41, 5.74) is 4.11. The number of ether oxygens (including phenoxy) is 1. The third kappa shape index (κ3) is 8.03. The highest BCUT2D eigenvalue weighted by Crippen LogP contribution is 2.41. The van der Waals surface area contributed by atoms with Gasteiger partial charge in [0.05, 0.1) is 16.9 Å². The molecule has 0 unspecified atom stereocenters. The number of sulfonamides is 1. The topological polar surface area (TPSA) is 236 Å². The Kier molecular flexibility index (Phi) is 10.6. The number of nitrogens with two attached hydrogens (primary N) is 1. The van der Waals surface area contributed by atoms with Crippen LogP contribution >= 0.6 is 0 Å². The fourth-order valence-electron chi connectivity index (χ4n) is 7.25. The van der Waals surface area contributed by atoms with E-state index in [1.165, 1.54) is 30.6 Å². The Morgan fingerprint density at radius 1 is 0.982 bits per heavy atom. The Balaban J connectivity index is 1.07. The average Bonchev–Trinajstić information content (AvgIpc) is 4.03. The van der Waals surface area contributed by atoms with Crippen LogP contribution in [0.1, 0.15) is 54.2 Å². The summed E-state index contributed by atoms with van der Waals surface area (Å²) >= 11 is 0. The maximum atomic E-state index is 13.0. The molecule has 3 aromatic heterocycles. The van der Waals surface area contributed by atoms with E-state index in [0.29, 0.717) is 72.5 Å². The molecule has 2 saturated heterocycles. The molecule has 5 atom stereocenters. The number of aliphatic hydroxyl groups is 2. The number of rotatable bonds is 12. The second-order valence-electron chi connectivity index (χ2n) is 14.1. The van der Waals surface area contributed by atoms with Crippen molar-refractivity contribution < 1.29 is 32.7 Å². The third-order valence-electron chi connectivity index (χ3n) is 10.3. The van der Waals surface area contributed by atoms with Crippen LogP contribution in [-0.2, 0) is 21.2 Å². The molecular weight excluding hydrogens is 753 g/mol. The Labute approximate surface area is 327 Å². The van der Waals surface area contributed by atoms with E-state index in [0.717, 1.165) is 11.1 Å². The highest BCUT2D eigenvalue weighted by Gasteiger charge is 2.47. The van der Waals surface area contributed by atoms with Crippen molar-refractivity contribution in [3.63, 3.8) is 0 Å². The largest absolute Gasteiger partial charge is 0.387 e. The number of primary sulfonamides is 1. The van der Waals surface area contributed by atoms with Gasteiger partial charge >= 0.3 is 6.03 Å². The van der Waals surface area contributed by atoms with Crippen molar-refractivity contribution >= 4 is 44.7 Å². The van der Waals surface area contributed by atoms with E-state index in [-0.39, 0.29) is 16.9 Å². The lowest BCUT2D eigenvalue weighted by Gasteiger charge is -2.22. The van der Waals surface area contributed by atoms with Crippen molar-refractivity contribution in [1.82, 2.24) is 30.0 Å². The normalized spacial score (nSPS) is 21.0. The number of nitrogens with zero attached hydrogens (tertiary/aromatic N) is 6. The number of benzene rings is 3. The molecule has 5 heterocycles. The van der Waals surface area contributed by atoms with Crippen molar-refractivity contribution in [1.29, 1.82) is 0 Å². The third-order valence-corrected chi connectivity index (χ3v) is 11.2. The quantitative estimate of drug-likeness (QED) is 0.104. The second kappa shape index (κ2) is 15.9. The van der Waals surface area contributed by atoms with Crippen LogP contribution in [0.4, 0.5) is 22.2 Å². The molecule has 296 valence electrons. The molecule has 6 aromatic rings. The molecule has 0 spiro atoms.